The van der Waals surface area contributed by atoms with Crippen LogP contribution in [-0.4, -0.2) is 29.1 Å². The van der Waals surface area contributed by atoms with Crippen molar-refractivity contribution < 1.29 is 14.3 Å². The standard InChI is InChI=1S/C13H14FNO2/c14-12-5-2-6-15(9-12)8-10-3-1-4-11(7-10)13(16)17/h1,3-5,7H,2,6,8-9H2,(H,16,17). The van der Waals surface area contributed by atoms with Gasteiger partial charge in [-0.2, -0.15) is 0 Å². The van der Waals surface area contributed by atoms with Gasteiger partial charge in [-0.1, -0.05) is 18.2 Å². The number of benzene rings is 1. The summed E-state index contributed by atoms with van der Waals surface area (Å²) in [7, 11) is 0. The minimum atomic E-state index is -0.934. The Kier molecular flexibility index (Phi) is 3.54. The number of hydrogen-bond donors (Lipinski definition) is 1. The van der Waals surface area contributed by atoms with Crippen molar-refractivity contribution in [2.45, 2.75) is 13.0 Å². The summed E-state index contributed by atoms with van der Waals surface area (Å²) >= 11 is 0. The quantitative estimate of drug-likeness (QED) is 0.874. The van der Waals surface area contributed by atoms with Crippen LogP contribution < -0.4 is 0 Å². The summed E-state index contributed by atoms with van der Waals surface area (Å²) in [5.74, 6) is -1.04. The number of carboxylic acids is 1. The SMILES string of the molecule is O=C(O)c1cccc(CN2CCC=C(F)C2)c1. The van der Waals surface area contributed by atoms with Crippen molar-refractivity contribution in [3.05, 3.63) is 47.3 Å². The van der Waals surface area contributed by atoms with E-state index in [1.54, 1.807) is 24.3 Å². The highest BCUT2D eigenvalue weighted by Crippen LogP contribution is 2.14. The lowest BCUT2D eigenvalue weighted by Gasteiger charge is -2.24. The van der Waals surface area contributed by atoms with Gasteiger partial charge in [0, 0.05) is 13.1 Å². The van der Waals surface area contributed by atoms with Crippen molar-refractivity contribution in [1.82, 2.24) is 4.90 Å². The number of carboxylic acid groups (broad SMARTS) is 1. The van der Waals surface area contributed by atoms with Gasteiger partial charge in [0.1, 0.15) is 5.83 Å². The van der Waals surface area contributed by atoms with Crippen LogP contribution in [0.15, 0.2) is 36.2 Å². The molecule has 0 unspecified atom stereocenters. The Hall–Kier alpha value is -1.68. The smallest absolute Gasteiger partial charge is 0.335 e. The van der Waals surface area contributed by atoms with Crippen LogP contribution in [0.25, 0.3) is 0 Å². The fraction of sp³-hybridized carbons (Fsp3) is 0.308. The predicted molar refractivity (Wildman–Crippen MR) is 62.5 cm³/mol. The van der Waals surface area contributed by atoms with Crippen molar-refractivity contribution in [2.24, 2.45) is 0 Å². The van der Waals surface area contributed by atoms with E-state index in [0.29, 0.717) is 19.5 Å². The zero-order valence-electron chi connectivity index (χ0n) is 9.40. The lowest BCUT2D eigenvalue weighted by molar-refractivity contribution is 0.0696. The van der Waals surface area contributed by atoms with Gasteiger partial charge in [-0.05, 0) is 24.1 Å². The molecule has 2 rings (SSSR count). The molecule has 0 fully saturated rings. The van der Waals surface area contributed by atoms with E-state index in [2.05, 4.69) is 0 Å². The summed E-state index contributed by atoms with van der Waals surface area (Å²) < 4.78 is 13.1. The topological polar surface area (TPSA) is 40.5 Å². The Morgan fingerprint density at radius 1 is 1.47 bits per heavy atom. The molecule has 1 aromatic rings. The highest BCUT2D eigenvalue weighted by molar-refractivity contribution is 5.87. The number of hydrogen-bond acceptors (Lipinski definition) is 2. The summed E-state index contributed by atoms with van der Waals surface area (Å²) in [5.41, 5.74) is 1.18. The number of halogens is 1. The molecule has 0 radical (unpaired) electrons. The molecule has 3 nitrogen and oxygen atoms in total. The maximum absolute atomic E-state index is 13.1. The van der Waals surface area contributed by atoms with Crippen LogP contribution in [0.3, 0.4) is 0 Å². The molecule has 4 heteroatoms. The molecule has 1 N–H and O–H groups in total. The van der Waals surface area contributed by atoms with Gasteiger partial charge < -0.3 is 5.11 Å². The highest BCUT2D eigenvalue weighted by Gasteiger charge is 2.13. The molecule has 17 heavy (non-hydrogen) atoms. The Morgan fingerprint density at radius 2 is 2.29 bits per heavy atom. The minimum absolute atomic E-state index is 0.106. The normalized spacial score (nSPS) is 16.6. The van der Waals surface area contributed by atoms with E-state index in [9.17, 15) is 9.18 Å². The van der Waals surface area contributed by atoms with Gasteiger partial charge in [0.2, 0.25) is 0 Å². The minimum Gasteiger partial charge on any atom is -0.478 e. The van der Waals surface area contributed by atoms with Gasteiger partial charge in [0.15, 0.2) is 0 Å². The molecule has 1 aliphatic rings. The number of aromatic carboxylic acids is 1. The Morgan fingerprint density at radius 3 is 3.00 bits per heavy atom. The van der Waals surface area contributed by atoms with Crippen molar-refractivity contribution in [1.29, 1.82) is 0 Å². The third-order valence-electron chi connectivity index (χ3n) is 2.77. The van der Waals surface area contributed by atoms with Crippen LogP contribution in [-0.2, 0) is 6.54 Å². The fourth-order valence-corrected chi connectivity index (χ4v) is 1.96. The van der Waals surface area contributed by atoms with E-state index in [1.807, 2.05) is 11.0 Å². The molecule has 0 saturated carbocycles. The van der Waals surface area contributed by atoms with Crippen LogP contribution in [0, 0.1) is 0 Å². The van der Waals surface area contributed by atoms with Gasteiger partial charge in [-0.15, -0.1) is 0 Å². The molecular weight excluding hydrogens is 221 g/mol. The van der Waals surface area contributed by atoms with Crippen molar-refractivity contribution in [2.75, 3.05) is 13.1 Å². The van der Waals surface area contributed by atoms with E-state index >= 15 is 0 Å². The zero-order chi connectivity index (χ0) is 12.3. The van der Waals surface area contributed by atoms with Gasteiger partial charge in [0.25, 0.3) is 0 Å². The molecule has 0 spiro atoms. The van der Waals surface area contributed by atoms with E-state index in [1.165, 1.54) is 0 Å². The zero-order valence-corrected chi connectivity index (χ0v) is 9.40. The molecule has 0 aromatic heterocycles. The average molecular weight is 235 g/mol. The van der Waals surface area contributed by atoms with Crippen LogP contribution in [0.4, 0.5) is 4.39 Å². The van der Waals surface area contributed by atoms with E-state index in [4.69, 9.17) is 5.11 Å². The largest absolute Gasteiger partial charge is 0.478 e. The Balaban J connectivity index is 2.06. The second-order valence-corrected chi connectivity index (χ2v) is 4.16. The lowest BCUT2D eigenvalue weighted by atomic mass is 10.1. The molecule has 1 aliphatic heterocycles. The molecule has 0 amide bonds. The molecule has 0 atom stereocenters. The van der Waals surface area contributed by atoms with E-state index < -0.39 is 5.97 Å². The average Bonchev–Trinajstić information content (AvgIpc) is 2.29. The number of carbonyl (C=O) groups is 1. The predicted octanol–water partition coefficient (Wildman–Crippen LogP) is 2.44. The molecule has 90 valence electrons. The van der Waals surface area contributed by atoms with Gasteiger partial charge in [-0.25, -0.2) is 9.18 Å². The summed E-state index contributed by atoms with van der Waals surface area (Å²) in [6, 6.07) is 6.78. The van der Waals surface area contributed by atoms with Crippen LogP contribution in [0.5, 0.6) is 0 Å². The molecule has 0 saturated heterocycles. The third-order valence-corrected chi connectivity index (χ3v) is 2.77. The highest BCUT2D eigenvalue weighted by atomic mass is 19.1. The fourth-order valence-electron chi connectivity index (χ4n) is 1.96. The van der Waals surface area contributed by atoms with Gasteiger partial charge in [-0.3, -0.25) is 4.90 Å². The first-order valence-electron chi connectivity index (χ1n) is 5.54. The first kappa shape index (κ1) is 11.8. The maximum atomic E-state index is 13.1. The van der Waals surface area contributed by atoms with Crippen LogP contribution in [0.2, 0.25) is 0 Å². The molecule has 1 aromatic carbocycles. The van der Waals surface area contributed by atoms with E-state index in [-0.39, 0.29) is 11.4 Å². The molecule has 0 aliphatic carbocycles. The second kappa shape index (κ2) is 5.10. The van der Waals surface area contributed by atoms with Gasteiger partial charge >= 0.3 is 5.97 Å². The van der Waals surface area contributed by atoms with Crippen molar-refractivity contribution in [3.63, 3.8) is 0 Å². The molecule has 0 bridgehead atoms. The Bertz CT molecular complexity index is 456. The monoisotopic (exact) mass is 235 g/mol. The lowest BCUT2D eigenvalue weighted by Crippen LogP contribution is -2.28. The van der Waals surface area contributed by atoms with E-state index in [0.717, 1.165) is 12.1 Å². The van der Waals surface area contributed by atoms with Crippen LogP contribution in [0.1, 0.15) is 22.3 Å². The summed E-state index contributed by atoms with van der Waals surface area (Å²) in [4.78, 5) is 12.8. The summed E-state index contributed by atoms with van der Waals surface area (Å²) in [6.45, 7) is 1.71. The summed E-state index contributed by atoms with van der Waals surface area (Å²) in [5, 5.41) is 8.87. The first-order valence-corrected chi connectivity index (χ1v) is 5.54. The first-order chi connectivity index (χ1) is 8.15. The molecular formula is C13H14FNO2. The second-order valence-electron chi connectivity index (χ2n) is 4.16. The van der Waals surface area contributed by atoms with Crippen LogP contribution >= 0.6 is 0 Å². The maximum Gasteiger partial charge on any atom is 0.335 e. The van der Waals surface area contributed by atoms with Gasteiger partial charge in [0.05, 0.1) is 12.1 Å². The number of nitrogens with zero attached hydrogens (tertiary/aromatic N) is 1. The third kappa shape index (κ3) is 3.14. The van der Waals surface area contributed by atoms with Crippen molar-refractivity contribution in [3.8, 4) is 0 Å². The summed E-state index contributed by atoms with van der Waals surface area (Å²) in [6.07, 6.45) is 2.31. The molecule has 1 heterocycles. The Labute approximate surface area is 99.2 Å². The number of rotatable bonds is 3. The van der Waals surface area contributed by atoms with Crippen molar-refractivity contribution >= 4 is 5.97 Å².